The van der Waals surface area contributed by atoms with Gasteiger partial charge >= 0.3 is 12.3 Å². The Labute approximate surface area is 253 Å². The molecule has 0 bridgehead atoms. The van der Waals surface area contributed by atoms with E-state index in [9.17, 15) is 22.0 Å². The van der Waals surface area contributed by atoms with Crippen LogP contribution in [-0.2, 0) is 6.11 Å². The lowest BCUT2D eigenvalue weighted by atomic mass is 9.83. The Bertz CT molecular complexity index is 1840. The van der Waals surface area contributed by atoms with E-state index in [2.05, 4.69) is 17.7 Å². The van der Waals surface area contributed by atoms with Crippen molar-refractivity contribution in [3.63, 3.8) is 0 Å². The van der Waals surface area contributed by atoms with Crippen molar-refractivity contribution in [1.82, 2.24) is 0 Å². The van der Waals surface area contributed by atoms with Crippen molar-refractivity contribution in [1.29, 1.82) is 0 Å². The van der Waals surface area contributed by atoms with Gasteiger partial charge in [-0.1, -0.05) is 56.7 Å². The number of alkyl halides is 5. The van der Waals surface area contributed by atoms with E-state index in [1.165, 1.54) is 24.8 Å². The molecule has 0 aliphatic heterocycles. The fourth-order valence-electron chi connectivity index (χ4n) is 5.71. The van der Waals surface area contributed by atoms with E-state index in [1.807, 2.05) is 0 Å². The average molecular weight is 635 g/mol. The molecule has 0 spiro atoms. The van der Waals surface area contributed by atoms with Crippen LogP contribution in [0.3, 0.4) is 0 Å². The molecule has 0 amide bonds. The third-order valence-corrected chi connectivity index (χ3v) is 8.00. The SMILES string of the molecule is CCCCCC1CC=C(c2ccc3c(F)c(C(F)(F)Oc4ccc5c(F)c(C#CC(F)(F)F)c(F)cc5c4)c(F)cc3c2)CC1. The summed E-state index contributed by atoms with van der Waals surface area (Å²) in [6, 6.07) is 8.32. The van der Waals surface area contributed by atoms with Crippen molar-refractivity contribution in [2.24, 2.45) is 5.92 Å². The highest BCUT2D eigenvalue weighted by molar-refractivity contribution is 5.88. The standard InChI is InChI=1S/C35H27F9O/c1-2-3-4-5-20-6-8-21(9-7-20)22-10-12-27-23(16-22)19-30(37)31(33(27)39)35(43,44)45-25-11-13-26-24(17-25)18-29(36)28(32(26)38)14-15-34(40,41)42/h8,10-13,16-20H,2-7,9H2,1H3. The summed E-state index contributed by atoms with van der Waals surface area (Å²) in [6.07, 6.45) is -0.0420. The number of allylic oxidation sites excluding steroid dienone is 2. The van der Waals surface area contributed by atoms with Gasteiger partial charge < -0.3 is 4.74 Å². The molecule has 0 radical (unpaired) electrons. The van der Waals surface area contributed by atoms with Crippen LogP contribution in [0.25, 0.3) is 27.1 Å². The van der Waals surface area contributed by atoms with Crippen LogP contribution < -0.4 is 4.74 Å². The summed E-state index contributed by atoms with van der Waals surface area (Å²) in [4.78, 5) is 0. The molecule has 4 aromatic carbocycles. The fourth-order valence-corrected chi connectivity index (χ4v) is 5.71. The summed E-state index contributed by atoms with van der Waals surface area (Å²) in [5.74, 6) is -3.95. The zero-order chi connectivity index (χ0) is 32.5. The second-order valence-corrected chi connectivity index (χ2v) is 11.1. The van der Waals surface area contributed by atoms with Gasteiger partial charge in [0.1, 0.15) is 34.6 Å². The second kappa shape index (κ2) is 12.7. The number of halogens is 9. The molecule has 1 nitrogen and oxygen atoms in total. The molecular weight excluding hydrogens is 607 g/mol. The Balaban J connectivity index is 1.41. The molecule has 1 unspecified atom stereocenters. The summed E-state index contributed by atoms with van der Waals surface area (Å²) in [7, 11) is 0. The maximum absolute atomic E-state index is 15.5. The van der Waals surface area contributed by atoms with Crippen molar-refractivity contribution < 1.29 is 44.3 Å². The van der Waals surface area contributed by atoms with Crippen molar-refractivity contribution in [2.75, 3.05) is 0 Å². The minimum absolute atomic E-state index is 0.0918. The number of rotatable bonds is 8. The number of fused-ring (bicyclic) bond motifs is 2. The van der Waals surface area contributed by atoms with Gasteiger partial charge in [0.05, 0.1) is 5.56 Å². The van der Waals surface area contributed by atoms with Crippen LogP contribution in [0.2, 0.25) is 0 Å². The molecule has 0 heterocycles. The number of hydrogen-bond acceptors (Lipinski definition) is 1. The number of hydrogen-bond donors (Lipinski definition) is 0. The van der Waals surface area contributed by atoms with Crippen LogP contribution >= 0.6 is 0 Å². The van der Waals surface area contributed by atoms with E-state index in [1.54, 1.807) is 12.1 Å². The van der Waals surface area contributed by atoms with Gasteiger partial charge in [0.2, 0.25) is 0 Å². The van der Waals surface area contributed by atoms with E-state index >= 15 is 17.6 Å². The fraction of sp³-hybridized carbons (Fsp3) is 0.314. The Kier molecular flexibility index (Phi) is 9.11. The Morgan fingerprint density at radius 3 is 2.20 bits per heavy atom. The maximum atomic E-state index is 15.5. The summed E-state index contributed by atoms with van der Waals surface area (Å²) in [6.45, 7) is 2.15. The Hall–Kier alpha value is -4.13. The van der Waals surface area contributed by atoms with E-state index in [0.717, 1.165) is 73.4 Å². The summed E-state index contributed by atoms with van der Waals surface area (Å²) < 4.78 is 132. The summed E-state index contributed by atoms with van der Waals surface area (Å²) >= 11 is 0. The predicted molar refractivity (Wildman–Crippen MR) is 155 cm³/mol. The first kappa shape index (κ1) is 32.3. The molecule has 5 rings (SSSR count). The molecular formula is C35H27F9O. The molecule has 1 aliphatic carbocycles. The van der Waals surface area contributed by atoms with Crippen molar-refractivity contribution in [2.45, 2.75) is 64.2 Å². The highest BCUT2D eigenvalue weighted by Gasteiger charge is 2.42. The molecule has 0 aromatic heterocycles. The van der Waals surface area contributed by atoms with Gasteiger partial charge in [0.15, 0.2) is 0 Å². The smallest absolute Gasteiger partial charge is 0.429 e. The van der Waals surface area contributed by atoms with Gasteiger partial charge in [0.25, 0.3) is 0 Å². The lowest BCUT2D eigenvalue weighted by Crippen LogP contribution is -2.25. The minimum Gasteiger partial charge on any atom is -0.429 e. The molecule has 0 saturated carbocycles. The van der Waals surface area contributed by atoms with E-state index < -0.39 is 57.8 Å². The Morgan fingerprint density at radius 2 is 1.51 bits per heavy atom. The highest BCUT2D eigenvalue weighted by Crippen LogP contribution is 2.40. The molecule has 1 atom stereocenters. The highest BCUT2D eigenvalue weighted by atomic mass is 19.4. The monoisotopic (exact) mass is 634 g/mol. The molecule has 0 N–H and O–H groups in total. The van der Waals surface area contributed by atoms with Gasteiger partial charge in [-0.25, -0.2) is 17.6 Å². The van der Waals surface area contributed by atoms with E-state index in [4.69, 9.17) is 0 Å². The van der Waals surface area contributed by atoms with Gasteiger partial charge in [-0.15, -0.1) is 0 Å². The molecule has 45 heavy (non-hydrogen) atoms. The van der Waals surface area contributed by atoms with Gasteiger partial charge in [-0.05, 0) is 83.5 Å². The molecule has 10 heteroatoms. The molecule has 0 saturated heterocycles. The van der Waals surface area contributed by atoms with Crippen molar-refractivity contribution >= 4 is 27.1 Å². The van der Waals surface area contributed by atoms with Gasteiger partial charge in [0, 0.05) is 16.7 Å². The molecule has 0 fully saturated rings. The van der Waals surface area contributed by atoms with E-state index in [0.29, 0.717) is 12.0 Å². The van der Waals surface area contributed by atoms with Crippen LogP contribution in [0, 0.1) is 41.0 Å². The first-order valence-corrected chi connectivity index (χ1v) is 14.5. The zero-order valence-corrected chi connectivity index (χ0v) is 24.0. The van der Waals surface area contributed by atoms with Crippen LogP contribution in [0.5, 0.6) is 5.75 Å². The van der Waals surface area contributed by atoms with Crippen molar-refractivity contribution in [3.8, 4) is 17.6 Å². The van der Waals surface area contributed by atoms with Gasteiger partial charge in [-0.2, -0.15) is 22.0 Å². The van der Waals surface area contributed by atoms with Crippen LogP contribution in [0.1, 0.15) is 68.6 Å². The molecule has 4 aromatic rings. The number of unbranched alkanes of at least 4 members (excludes halogenated alkanes) is 2. The lowest BCUT2D eigenvalue weighted by Gasteiger charge is -2.23. The predicted octanol–water partition coefficient (Wildman–Crippen LogP) is 11.4. The number of benzene rings is 4. The number of ether oxygens (including phenoxy) is 1. The van der Waals surface area contributed by atoms with Gasteiger partial charge in [-0.3, -0.25) is 0 Å². The first-order valence-electron chi connectivity index (χ1n) is 14.5. The zero-order valence-electron chi connectivity index (χ0n) is 24.0. The quantitative estimate of drug-likeness (QED) is 0.106. The third-order valence-electron chi connectivity index (χ3n) is 8.00. The second-order valence-electron chi connectivity index (χ2n) is 11.1. The summed E-state index contributed by atoms with van der Waals surface area (Å²) in [5, 5.41) is -0.943. The van der Waals surface area contributed by atoms with Crippen LogP contribution in [-0.4, -0.2) is 6.18 Å². The Morgan fingerprint density at radius 1 is 0.822 bits per heavy atom. The third kappa shape index (κ3) is 7.08. The average Bonchev–Trinajstić information content (AvgIpc) is 2.96. The molecule has 1 aliphatic rings. The normalized spacial score (nSPS) is 15.6. The largest absolute Gasteiger partial charge is 0.458 e. The first-order chi connectivity index (χ1) is 21.3. The summed E-state index contributed by atoms with van der Waals surface area (Å²) in [5.41, 5.74) is -1.02. The van der Waals surface area contributed by atoms with Crippen LogP contribution in [0.4, 0.5) is 39.5 Å². The molecule has 236 valence electrons. The van der Waals surface area contributed by atoms with Crippen LogP contribution in [0.15, 0.2) is 54.6 Å². The maximum Gasteiger partial charge on any atom is 0.458 e. The lowest BCUT2D eigenvalue weighted by molar-refractivity contribution is -0.189. The van der Waals surface area contributed by atoms with E-state index in [-0.39, 0.29) is 16.2 Å². The topological polar surface area (TPSA) is 9.23 Å². The minimum atomic E-state index is -5.00. The van der Waals surface area contributed by atoms with Crippen molar-refractivity contribution in [3.05, 3.63) is 94.6 Å².